The van der Waals surface area contributed by atoms with E-state index in [1.54, 1.807) is 0 Å². The van der Waals surface area contributed by atoms with Crippen molar-refractivity contribution in [2.45, 2.75) is 17.6 Å². The van der Waals surface area contributed by atoms with Crippen molar-refractivity contribution in [3.63, 3.8) is 0 Å². The number of nitrogens with zero attached hydrogens (tertiary/aromatic N) is 3. The van der Waals surface area contributed by atoms with E-state index in [4.69, 9.17) is 5.11 Å². The Balaban J connectivity index is 3.22. The van der Waals surface area contributed by atoms with E-state index in [0.29, 0.717) is 15.2 Å². The SMILES string of the molecule is CN(CCC(=O)O)S(=O)(=O)c1c(C(F)(F)F)cnn1C. The van der Waals surface area contributed by atoms with Gasteiger partial charge in [-0.2, -0.15) is 22.6 Å². The molecule has 11 heteroatoms. The van der Waals surface area contributed by atoms with Gasteiger partial charge in [0, 0.05) is 20.6 Å². The number of aliphatic carboxylic acids is 1. The standard InChI is InChI=1S/C9H12F3N3O4S/c1-14(4-3-7(16)17)20(18,19)8-6(9(10,11)12)5-13-15(8)2/h5H,3-4H2,1-2H3,(H,16,17). The first-order chi connectivity index (χ1) is 8.98. The van der Waals surface area contributed by atoms with Gasteiger partial charge in [-0.1, -0.05) is 0 Å². The Bertz CT molecular complexity index is 608. The Hall–Kier alpha value is -1.62. The van der Waals surface area contributed by atoms with Crippen molar-refractivity contribution in [3.05, 3.63) is 11.8 Å². The summed E-state index contributed by atoms with van der Waals surface area (Å²) >= 11 is 0. The summed E-state index contributed by atoms with van der Waals surface area (Å²) in [5.74, 6) is -1.26. The summed E-state index contributed by atoms with van der Waals surface area (Å²) < 4.78 is 63.5. The first-order valence-electron chi connectivity index (χ1n) is 5.25. The molecule has 1 heterocycles. The molecule has 0 bridgehead atoms. The molecular formula is C9H12F3N3O4S. The predicted octanol–water partition coefficient (Wildman–Crippen LogP) is 0.534. The molecule has 0 amide bonds. The second kappa shape index (κ2) is 5.40. The van der Waals surface area contributed by atoms with Gasteiger partial charge in [-0.05, 0) is 0 Å². The van der Waals surface area contributed by atoms with Crippen molar-refractivity contribution in [2.75, 3.05) is 13.6 Å². The van der Waals surface area contributed by atoms with E-state index in [1.165, 1.54) is 0 Å². The number of aromatic nitrogens is 2. The van der Waals surface area contributed by atoms with Gasteiger partial charge in [0.05, 0.1) is 12.6 Å². The van der Waals surface area contributed by atoms with Gasteiger partial charge >= 0.3 is 12.1 Å². The van der Waals surface area contributed by atoms with Crippen molar-refractivity contribution in [1.82, 2.24) is 14.1 Å². The van der Waals surface area contributed by atoms with E-state index in [0.717, 1.165) is 14.1 Å². The summed E-state index contributed by atoms with van der Waals surface area (Å²) in [4.78, 5) is 10.4. The molecular weight excluding hydrogens is 303 g/mol. The predicted molar refractivity (Wildman–Crippen MR) is 60.3 cm³/mol. The van der Waals surface area contributed by atoms with E-state index < -0.39 is 45.7 Å². The van der Waals surface area contributed by atoms with Gasteiger partial charge in [-0.25, -0.2) is 8.42 Å². The minimum Gasteiger partial charge on any atom is -0.481 e. The second-order valence-corrected chi connectivity index (χ2v) is 5.92. The number of aryl methyl sites for hydroxylation is 1. The quantitative estimate of drug-likeness (QED) is 0.856. The molecule has 1 rings (SSSR count). The van der Waals surface area contributed by atoms with Crippen molar-refractivity contribution >= 4 is 16.0 Å². The summed E-state index contributed by atoms with van der Waals surface area (Å²) in [5.41, 5.74) is -1.39. The highest BCUT2D eigenvalue weighted by molar-refractivity contribution is 7.89. The lowest BCUT2D eigenvalue weighted by molar-refractivity contribution is -0.140. The fourth-order valence-corrected chi connectivity index (χ4v) is 2.90. The normalized spacial score (nSPS) is 12.9. The molecule has 0 saturated carbocycles. The van der Waals surface area contributed by atoms with Crippen LogP contribution in [-0.4, -0.2) is 47.2 Å². The summed E-state index contributed by atoms with van der Waals surface area (Å²) in [5, 5.41) is 10.8. The maximum Gasteiger partial charge on any atom is 0.420 e. The van der Waals surface area contributed by atoms with Crippen molar-refractivity contribution in [1.29, 1.82) is 0 Å². The molecule has 0 aliphatic rings. The van der Waals surface area contributed by atoms with E-state index >= 15 is 0 Å². The molecule has 1 aromatic rings. The monoisotopic (exact) mass is 315 g/mol. The zero-order valence-corrected chi connectivity index (χ0v) is 11.4. The third-order valence-electron chi connectivity index (χ3n) is 2.48. The van der Waals surface area contributed by atoms with Crippen LogP contribution >= 0.6 is 0 Å². The topological polar surface area (TPSA) is 92.5 Å². The number of carboxylic acids is 1. The Morgan fingerprint density at radius 1 is 1.50 bits per heavy atom. The van der Waals surface area contributed by atoms with E-state index in [9.17, 15) is 26.4 Å². The maximum atomic E-state index is 12.7. The van der Waals surface area contributed by atoms with Crippen LogP contribution in [0.1, 0.15) is 12.0 Å². The molecule has 0 fully saturated rings. The fraction of sp³-hybridized carbons (Fsp3) is 0.556. The Morgan fingerprint density at radius 2 is 2.05 bits per heavy atom. The summed E-state index contributed by atoms with van der Waals surface area (Å²) in [6, 6.07) is 0. The van der Waals surface area contributed by atoms with Crippen LogP contribution in [0.3, 0.4) is 0 Å². The molecule has 0 aliphatic carbocycles. The lowest BCUT2D eigenvalue weighted by Crippen LogP contribution is -2.32. The van der Waals surface area contributed by atoms with E-state index in [-0.39, 0.29) is 0 Å². The average Bonchev–Trinajstić information content (AvgIpc) is 2.68. The average molecular weight is 315 g/mol. The highest BCUT2D eigenvalue weighted by atomic mass is 32.2. The largest absolute Gasteiger partial charge is 0.481 e. The number of carbonyl (C=O) groups is 1. The number of carboxylic acid groups (broad SMARTS) is 1. The van der Waals surface area contributed by atoms with Crippen LogP contribution in [0.25, 0.3) is 0 Å². The smallest absolute Gasteiger partial charge is 0.420 e. The van der Waals surface area contributed by atoms with Gasteiger partial charge in [0.1, 0.15) is 5.56 Å². The van der Waals surface area contributed by atoms with Crippen molar-refractivity contribution < 1.29 is 31.5 Å². The number of sulfonamides is 1. The van der Waals surface area contributed by atoms with Crippen LogP contribution in [-0.2, 0) is 28.0 Å². The van der Waals surface area contributed by atoms with Gasteiger partial charge in [0.25, 0.3) is 10.0 Å². The van der Waals surface area contributed by atoms with Crippen LogP contribution < -0.4 is 0 Å². The summed E-state index contributed by atoms with van der Waals surface area (Å²) in [6.45, 7) is -0.444. The molecule has 1 N–H and O–H groups in total. The molecule has 0 atom stereocenters. The number of hydrogen-bond donors (Lipinski definition) is 1. The minimum atomic E-state index is -4.87. The lowest BCUT2D eigenvalue weighted by Gasteiger charge is -2.18. The Labute approximate surface area is 112 Å². The lowest BCUT2D eigenvalue weighted by atomic mass is 10.3. The molecule has 114 valence electrons. The molecule has 0 unspecified atom stereocenters. The third kappa shape index (κ3) is 3.28. The summed E-state index contributed by atoms with van der Waals surface area (Å²) in [6.07, 6.45) is -4.98. The fourth-order valence-electron chi connectivity index (χ4n) is 1.45. The van der Waals surface area contributed by atoms with E-state index in [1.807, 2.05) is 0 Å². The van der Waals surface area contributed by atoms with Crippen molar-refractivity contribution in [3.8, 4) is 0 Å². The first kappa shape index (κ1) is 16.4. The number of alkyl halides is 3. The highest BCUT2D eigenvalue weighted by Gasteiger charge is 2.41. The molecule has 0 aromatic carbocycles. The van der Waals surface area contributed by atoms with Crippen LogP contribution in [0.2, 0.25) is 0 Å². The van der Waals surface area contributed by atoms with Crippen LogP contribution in [0.5, 0.6) is 0 Å². The van der Waals surface area contributed by atoms with Crippen LogP contribution in [0.15, 0.2) is 11.2 Å². The molecule has 7 nitrogen and oxygen atoms in total. The third-order valence-corrected chi connectivity index (χ3v) is 4.46. The van der Waals surface area contributed by atoms with E-state index in [2.05, 4.69) is 5.10 Å². The zero-order chi connectivity index (χ0) is 15.7. The Morgan fingerprint density at radius 3 is 2.50 bits per heavy atom. The molecule has 0 aliphatic heterocycles. The van der Waals surface area contributed by atoms with Gasteiger partial charge in [0.2, 0.25) is 0 Å². The van der Waals surface area contributed by atoms with Gasteiger partial charge < -0.3 is 5.11 Å². The van der Waals surface area contributed by atoms with Crippen LogP contribution in [0, 0.1) is 0 Å². The minimum absolute atomic E-state index is 0.415. The van der Waals surface area contributed by atoms with Gasteiger partial charge in [-0.3, -0.25) is 9.48 Å². The molecule has 0 radical (unpaired) electrons. The number of rotatable bonds is 5. The molecule has 0 spiro atoms. The zero-order valence-electron chi connectivity index (χ0n) is 10.5. The van der Waals surface area contributed by atoms with Crippen molar-refractivity contribution in [2.24, 2.45) is 7.05 Å². The maximum absolute atomic E-state index is 12.7. The molecule has 0 saturated heterocycles. The van der Waals surface area contributed by atoms with Gasteiger partial charge in [-0.15, -0.1) is 0 Å². The second-order valence-electron chi connectivity index (χ2n) is 3.96. The summed E-state index contributed by atoms with van der Waals surface area (Å²) in [7, 11) is -2.42. The number of hydrogen-bond acceptors (Lipinski definition) is 4. The highest BCUT2D eigenvalue weighted by Crippen LogP contribution is 2.34. The van der Waals surface area contributed by atoms with Crippen LogP contribution in [0.4, 0.5) is 13.2 Å². The number of halogens is 3. The first-order valence-corrected chi connectivity index (χ1v) is 6.69. The Kier molecular flexibility index (Phi) is 4.44. The molecule has 20 heavy (non-hydrogen) atoms. The molecule has 1 aromatic heterocycles. The van der Waals surface area contributed by atoms with Gasteiger partial charge in [0.15, 0.2) is 5.03 Å².